The highest BCUT2D eigenvalue weighted by Gasteiger charge is 2.31. The SMILES string of the molecule is CC1=C(C(=O)Nc2ccc3n[nH]c(Cl)c3c2)C(c2ccc(F)cc2)NC(=O)N1. The number of aromatic nitrogens is 2. The van der Waals surface area contributed by atoms with Crippen LogP contribution in [-0.4, -0.2) is 22.1 Å². The zero-order chi connectivity index (χ0) is 19.8. The molecule has 3 amide bonds. The second-order valence-electron chi connectivity index (χ2n) is 6.35. The quantitative estimate of drug-likeness (QED) is 0.541. The van der Waals surface area contributed by atoms with Crippen LogP contribution in [-0.2, 0) is 4.79 Å². The number of hydrogen-bond acceptors (Lipinski definition) is 3. The Morgan fingerprint density at radius 1 is 1.21 bits per heavy atom. The number of carbonyl (C=O) groups excluding carboxylic acids is 2. The monoisotopic (exact) mass is 399 g/mol. The molecule has 0 fully saturated rings. The Hall–Kier alpha value is -3.39. The molecule has 0 spiro atoms. The van der Waals surface area contributed by atoms with E-state index in [2.05, 4.69) is 26.1 Å². The van der Waals surface area contributed by atoms with Gasteiger partial charge in [0.15, 0.2) is 0 Å². The van der Waals surface area contributed by atoms with Gasteiger partial charge in [0.1, 0.15) is 11.0 Å². The highest BCUT2D eigenvalue weighted by atomic mass is 35.5. The predicted octanol–water partition coefficient (Wildman–Crippen LogP) is 3.62. The molecular formula is C19H15ClFN5O2. The minimum absolute atomic E-state index is 0.324. The fraction of sp³-hybridized carbons (Fsp3) is 0.105. The molecule has 0 saturated carbocycles. The Kier molecular flexibility index (Phi) is 4.48. The molecule has 2 heterocycles. The van der Waals surface area contributed by atoms with E-state index in [4.69, 9.17) is 11.6 Å². The van der Waals surface area contributed by atoms with Gasteiger partial charge in [0.05, 0.1) is 17.1 Å². The molecule has 3 aromatic rings. The fourth-order valence-corrected chi connectivity index (χ4v) is 3.35. The van der Waals surface area contributed by atoms with Crippen LogP contribution in [0.3, 0.4) is 0 Å². The topological polar surface area (TPSA) is 98.9 Å². The van der Waals surface area contributed by atoms with Crippen LogP contribution in [0.25, 0.3) is 10.9 Å². The molecule has 4 rings (SSSR count). The summed E-state index contributed by atoms with van der Waals surface area (Å²) >= 11 is 6.06. The van der Waals surface area contributed by atoms with Gasteiger partial charge >= 0.3 is 6.03 Å². The van der Waals surface area contributed by atoms with Crippen LogP contribution in [0.1, 0.15) is 18.5 Å². The lowest BCUT2D eigenvalue weighted by Gasteiger charge is -2.28. The summed E-state index contributed by atoms with van der Waals surface area (Å²) in [7, 11) is 0. The number of rotatable bonds is 3. The molecule has 9 heteroatoms. The summed E-state index contributed by atoms with van der Waals surface area (Å²) in [6.45, 7) is 1.64. The zero-order valence-electron chi connectivity index (χ0n) is 14.6. The maximum atomic E-state index is 13.3. The normalized spacial score (nSPS) is 16.7. The first-order valence-electron chi connectivity index (χ1n) is 8.41. The van der Waals surface area contributed by atoms with Crippen LogP contribution in [0.5, 0.6) is 0 Å². The van der Waals surface area contributed by atoms with Gasteiger partial charge in [-0.15, -0.1) is 0 Å². The van der Waals surface area contributed by atoms with Crippen molar-refractivity contribution in [3.05, 3.63) is 70.3 Å². The Labute approximate surface area is 164 Å². The molecular weight excluding hydrogens is 385 g/mol. The molecule has 142 valence electrons. The Morgan fingerprint density at radius 3 is 2.71 bits per heavy atom. The van der Waals surface area contributed by atoms with Crippen molar-refractivity contribution in [3.8, 4) is 0 Å². The van der Waals surface area contributed by atoms with E-state index in [9.17, 15) is 14.0 Å². The van der Waals surface area contributed by atoms with E-state index in [1.54, 1.807) is 25.1 Å². The number of H-pyrrole nitrogens is 1. The maximum absolute atomic E-state index is 13.3. The molecule has 0 saturated heterocycles. The van der Waals surface area contributed by atoms with Gasteiger partial charge in [-0.2, -0.15) is 5.10 Å². The number of nitrogens with one attached hydrogen (secondary N) is 4. The number of anilines is 1. The van der Waals surface area contributed by atoms with Gasteiger partial charge in [0.2, 0.25) is 0 Å². The second-order valence-corrected chi connectivity index (χ2v) is 6.72. The molecule has 1 aliphatic rings. The molecule has 0 aliphatic carbocycles. The van der Waals surface area contributed by atoms with E-state index in [1.165, 1.54) is 24.3 Å². The number of allylic oxidation sites excluding steroid dienone is 1. The van der Waals surface area contributed by atoms with Crippen molar-refractivity contribution >= 4 is 40.1 Å². The van der Waals surface area contributed by atoms with E-state index in [0.717, 1.165) is 0 Å². The third-order valence-electron chi connectivity index (χ3n) is 4.48. The van der Waals surface area contributed by atoms with Crippen LogP contribution in [0.4, 0.5) is 14.9 Å². The number of carbonyl (C=O) groups is 2. The lowest BCUT2D eigenvalue weighted by molar-refractivity contribution is -0.113. The van der Waals surface area contributed by atoms with Gasteiger partial charge in [-0.1, -0.05) is 23.7 Å². The van der Waals surface area contributed by atoms with Crippen molar-refractivity contribution < 1.29 is 14.0 Å². The average Bonchev–Trinajstić information content (AvgIpc) is 3.02. The number of halogens is 2. The number of amides is 3. The molecule has 1 aromatic heterocycles. The van der Waals surface area contributed by atoms with Crippen molar-refractivity contribution in [1.82, 2.24) is 20.8 Å². The third kappa shape index (κ3) is 3.29. The van der Waals surface area contributed by atoms with Gasteiger partial charge < -0.3 is 16.0 Å². The highest BCUT2D eigenvalue weighted by molar-refractivity contribution is 6.34. The summed E-state index contributed by atoms with van der Waals surface area (Å²) < 4.78 is 13.3. The molecule has 1 aliphatic heterocycles. The molecule has 2 aromatic carbocycles. The van der Waals surface area contributed by atoms with Crippen LogP contribution < -0.4 is 16.0 Å². The van der Waals surface area contributed by atoms with E-state index in [1.807, 2.05) is 0 Å². The van der Waals surface area contributed by atoms with Crippen molar-refractivity contribution in [2.75, 3.05) is 5.32 Å². The maximum Gasteiger partial charge on any atom is 0.319 e. The minimum atomic E-state index is -0.712. The lowest BCUT2D eigenvalue weighted by Crippen LogP contribution is -2.45. The summed E-state index contributed by atoms with van der Waals surface area (Å²) in [6.07, 6.45) is 0. The van der Waals surface area contributed by atoms with Gasteiger partial charge in [0.25, 0.3) is 5.91 Å². The summed E-state index contributed by atoms with van der Waals surface area (Å²) in [5.41, 5.74) is 2.53. The van der Waals surface area contributed by atoms with E-state index in [-0.39, 0.29) is 0 Å². The number of benzene rings is 2. The molecule has 0 radical (unpaired) electrons. The Morgan fingerprint density at radius 2 is 1.96 bits per heavy atom. The fourth-order valence-electron chi connectivity index (χ4n) is 3.16. The average molecular weight is 400 g/mol. The van der Waals surface area contributed by atoms with Crippen molar-refractivity contribution in [3.63, 3.8) is 0 Å². The minimum Gasteiger partial charge on any atom is -0.327 e. The Bertz CT molecular complexity index is 1120. The van der Waals surface area contributed by atoms with Gasteiger partial charge in [-0.05, 0) is 42.8 Å². The first-order chi connectivity index (χ1) is 13.4. The van der Waals surface area contributed by atoms with Crippen molar-refractivity contribution in [2.24, 2.45) is 0 Å². The largest absolute Gasteiger partial charge is 0.327 e. The first-order valence-corrected chi connectivity index (χ1v) is 8.79. The van der Waals surface area contributed by atoms with Gasteiger partial charge in [-0.25, -0.2) is 9.18 Å². The van der Waals surface area contributed by atoms with Crippen LogP contribution in [0.2, 0.25) is 5.15 Å². The summed E-state index contributed by atoms with van der Waals surface area (Å²) in [6, 6.07) is 9.61. The molecule has 0 bridgehead atoms. The first kappa shape index (κ1) is 18.0. The zero-order valence-corrected chi connectivity index (χ0v) is 15.4. The molecule has 28 heavy (non-hydrogen) atoms. The van der Waals surface area contributed by atoms with Crippen molar-refractivity contribution in [1.29, 1.82) is 0 Å². The van der Waals surface area contributed by atoms with Gasteiger partial charge in [0, 0.05) is 16.8 Å². The lowest BCUT2D eigenvalue weighted by atomic mass is 9.95. The Balaban J connectivity index is 1.67. The third-order valence-corrected chi connectivity index (χ3v) is 4.77. The highest BCUT2D eigenvalue weighted by Crippen LogP contribution is 2.29. The molecule has 1 atom stereocenters. The summed E-state index contributed by atoms with van der Waals surface area (Å²) in [4.78, 5) is 24.9. The second kappa shape index (κ2) is 6.97. The number of hydrogen-bond donors (Lipinski definition) is 4. The molecule has 4 N–H and O–H groups in total. The number of urea groups is 1. The number of fused-ring (bicyclic) bond motifs is 1. The predicted molar refractivity (Wildman–Crippen MR) is 103 cm³/mol. The van der Waals surface area contributed by atoms with Crippen LogP contribution in [0, 0.1) is 5.82 Å². The van der Waals surface area contributed by atoms with Crippen LogP contribution in [0.15, 0.2) is 53.7 Å². The van der Waals surface area contributed by atoms with E-state index in [0.29, 0.717) is 38.6 Å². The van der Waals surface area contributed by atoms with Gasteiger partial charge in [-0.3, -0.25) is 9.89 Å². The standard InChI is InChI=1S/C19H15ClFN5O2/c1-9-15(16(24-19(28)22-9)10-2-4-11(21)5-3-10)18(27)23-12-6-7-14-13(8-12)17(20)26-25-14/h2-8,16H,1H3,(H,23,27)(H,25,26)(H2,22,24,28). The molecule has 1 unspecified atom stereocenters. The number of nitrogens with zero attached hydrogens (tertiary/aromatic N) is 1. The van der Waals surface area contributed by atoms with Crippen LogP contribution >= 0.6 is 11.6 Å². The molecule has 7 nitrogen and oxygen atoms in total. The summed E-state index contributed by atoms with van der Waals surface area (Å²) in [5, 5.41) is 15.9. The number of aromatic amines is 1. The van der Waals surface area contributed by atoms with E-state index >= 15 is 0 Å². The summed E-state index contributed by atoms with van der Waals surface area (Å²) in [5.74, 6) is -0.806. The van der Waals surface area contributed by atoms with E-state index < -0.39 is 23.8 Å². The van der Waals surface area contributed by atoms with Crippen molar-refractivity contribution in [2.45, 2.75) is 13.0 Å². The smallest absolute Gasteiger partial charge is 0.319 e.